The number of aromatic carboxylic acids is 1. The first-order valence-electron chi connectivity index (χ1n) is 6.20. The van der Waals surface area contributed by atoms with Crippen LogP contribution in [0.2, 0.25) is 0 Å². The fraction of sp³-hybridized carbons (Fsp3) is 0.200. The van der Waals surface area contributed by atoms with Crippen LogP contribution in [0.25, 0.3) is 11.3 Å². The number of rotatable bonds is 4. The number of ether oxygens (including phenoxy) is 1. The lowest BCUT2D eigenvalue weighted by Gasteiger charge is -2.10. The van der Waals surface area contributed by atoms with Crippen molar-refractivity contribution in [2.24, 2.45) is 0 Å². The van der Waals surface area contributed by atoms with Gasteiger partial charge in [0.05, 0.1) is 18.4 Å². The van der Waals surface area contributed by atoms with Crippen molar-refractivity contribution in [2.75, 3.05) is 7.11 Å². The lowest BCUT2D eigenvalue weighted by Crippen LogP contribution is -2.10. The number of aromatic nitrogens is 1. The zero-order valence-corrected chi connectivity index (χ0v) is 11.3. The molecule has 104 valence electrons. The lowest BCUT2D eigenvalue weighted by atomic mass is 10.0. The minimum absolute atomic E-state index is 0.0484. The standard InChI is InChI=1S/C15H15NO4/c1-3-9-4-5-13(20-2)11(6-9)12-7-10(15(18)19)8-14(17)16-12/h4-8H,3H2,1-2H3,(H,16,17)(H,18,19). The molecule has 2 N–H and O–H groups in total. The van der Waals surface area contributed by atoms with Crippen LogP contribution in [-0.2, 0) is 6.42 Å². The van der Waals surface area contributed by atoms with Crippen molar-refractivity contribution in [1.29, 1.82) is 0 Å². The van der Waals surface area contributed by atoms with Crippen molar-refractivity contribution in [2.45, 2.75) is 13.3 Å². The fourth-order valence-electron chi connectivity index (χ4n) is 2.00. The van der Waals surface area contributed by atoms with Gasteiger partial charge in [-0.15, -0.1) is 0 Å². The first-order valence-corrected chi connectivity index (χ1v) is 6.20. The number of aromatic amines is 1. The Morgan fingerprint density at radius 3 is 2.65 bits per heavy atom. The Balaban J connectivity index is 2.66. The zero-order chi connectivity index (χ0) is 14.7. The van der Waals surface area contributed by atoms with Gasteiger partial charge in [-0.2, -0.15) is 0 Å². The highest BCUT2D eigenvalue weighted by Crippen LogP contribution is 2.29. The summed E-state index contributed by atoms with van der Waals surface area (Å²) in [6, 6.07) is 8.11. The molecular formula is C15H15NO4. The minimum atomic E-state index is -1.14. The van der Waals surface area contributed by atoms with Gasteiger partial charge >= 0.3 is 5.97 Å². The third-order valence-electron chi connectivity index (χ3n) is 3.05. The summed E-state index contributed by atoms with van der Waals surface area (Å²) in [4.78, 5) is 25.3. The van der Waals surface area contributed by atoms with Crippen LogP contribution < -0.4 is 10.3 Å². The third-order valence-corrected chi connectivity index (χ3v) is 3.05. The van der Waals surface area contributed by atoms with E-state index in [9.17, 15) is 9.59 Å². The Bertz CT molecular complexity index is 703. The average molecular weight is 273 g/mol. The maximum absolute atomic E-state index is 11.6. The number of H-pyrrole nitrogens is 1. The van der Waals surface area contributed by atoms with Gasteiger partial charge in [-0.1, -0.05) is 13.0 Å². The fourth-order valence-corrected chi connectivity index (χ4v) is 2.00. The number of carboxylic acid groups (broad SMARTS) is 1. The maximum Gasteiger partial charge on any atom is 0.335 e. The van der Waals surface area contributed by atoms with Gasteiger partial charge in [0.1, 0.15) is 5.75 Å². The molecule has 1 aromatic heterocycles. The number of benzene rings is 1. The summed E-state index contributed by atoms with van der Waals surface area (Å²) >= 11 is 0. The molecule has 0 atom stereocenters. The highest BCUT2D eigenvalue weighted by molar-refractivity contribution is 5.89. The molecule has 20 heavy (non-hydrogen) atoms. The molecule has 0 amide bonds. The molecule has 0 aliphatic rings. The zero-order valence-electron chi connectivity index (χ0n) is 11.3. The monoisotopic (exact) mass is 273 g/mol. The van der Waals surface area contributed by atoms with E-state index in [1.54, 1.807) is 6.07 Å². The normalized spacial score (nSPS) is 10.3. The van der Waals surface area contributed by atoms with E-state index in [0.717, 1.165) is 18.1 Å². The SMILES string of the molecule is CCc1ccc(OC)c(-c2cc(C(=O)O)cc(=O)[nH]2)c1. The second kappa shape index (κ2) is 5.61. The van der Waals surface area contributed by atoms with Gasteiger partial charge in [-0.05, 0) is 30.2 Å². The van der Waals surface area contributed by atoms with Crippen LogP contribution >= 0.6 is 0 Å². The number of hydrogen-bond acceptors (Lipinski definition) is 3. The topological polar surface area (TPSA) is 79.4 Å². The summed E-state index contributed by atoms with van der Waals surface area (Å²) < 4.78 is 5.27. The number of methoxy groups -OCH3 is 1. The molecule has 0 fully saturated rings. The van der Waals surface area contributed by atoms with Crippen molar-refractivity contribution < 1.29 is 14.6 Å². The van der Waals surface area contributed by atoms with Gasteiger partial charge in [0.15, 0.2) is 0 Å². The van der Waals surface area contributed by atoms with E-state index < -0.39 is 11.5 Å². The quantitative estimate of drug-likeness (QED) is 0.895. The number of hydrogen-bond donors (Lipinski definition) is 2. The van der Waals surface area contributed by atoms with Crippen LogP contribution in [0.4, 0.5) is 0 Å². The van der Waals surface area contributed by atoms with E-state index in [0.29, 0.717) is 17.0 Å². The summed E-state index contributed by atoms with van der Waals surface area (Å²) in [5.41, 5.74) is 1.67. The van der Waals surface area contributed by atoms with Crippen molar-refractivity contribution in [3.63, 3.8) is 0 Å². The molecule has 1 heterocycles. The summed E-state index contributed by atoms with van der Waals surface area (Å²) in [5, 5.41) is 9.02. The molecule has 2 aromatic rings. The summed E-state index contributed by atoms with van der Waals surface area (Å²) in [7, 11) is 1.53. The molecule has 0 spiro atoms. The molecule has 0 aliphatic carbocycles. The van der Waals surface area contributed by atoms with Gasteiger partial charge in [0, 0.05) is 11.6 Å². The number of carbonyl (C=O) groups is 1. The number of aryl methyl sites for hydroxylation is 1. The van der Waals surface area contributed by atoms with Crippen LogP contribution in [0.1, 0.15) is 22.8 Å². The largest absolute Gasteiger partial charge is 0.496 e. The number of carboxylic acids is 1. The molecule has 0 saturated heterocycles. The first-order chi connectivity index (χ1) is 9.55. The van der Waals surface area contributed by atoms with Gasteiger partial charge in [-0.3, -0.25) is 4.79 Å². The molecular weight excluding hydrogens is 258 g/mol. The van der Waals surface area contributed by atoms with Crippen molar-refractivity contribution in [3.8, 4) is 17.0 Å². The third kappa shape index (κ3) is 2.71. The van der Waals surface area contributed by atoms with Gasteiger partial charge in [0.25, 0.3) is 0 Å². The minimum Gasteiger partial charge on any atom is -0.496 e. The number of pyridine rings is 1. The smallest absolute Gasteiger partial charge is 0.335 e. The lowest BCUT2D eigenvalue weighted by molar-refractivity contribution is 0.0696. The number of nitrogens with one attached hydrogen (secondary N) is 1. The predicted molar refractivity (Wildman–Crippen MR) is 75.4 cm³/mol. The van der Waals surface area contributed by atoms with Crippen molar-refractivity contribution in [1.82, 2.24) is 4.98 Å². The molecule has 0 unspecified atom stereocenters. The Hall–Kier alpha value is -2.56. The van der Waals surface area contributed by atoms with Crippen LogP contribution in [-0.4, -0.2) is 23.2 Å². The van der Waals surface area contributed by atoms with Crippen LogP contribution in [0.3, 0.4) is 0 Å². The molecule has 0 saturated carbocycles. The van der Waals surface area contributed by atoms with E-state index in [-0.39, 0.29) is 5.56 Å². The second-order valence-electron chi connectivity index (χ2n) is 4.34. The van der Waals surface area contributed by atoms with Crippen LogP contribution in [0.5, 0.6) is 5.75 Å². The Labute approximate surface area is 115 Å². The highest BCUT2D eigenvalue weighted by Gasteiger charge is 2.11. The Morgan fingerprint density at radius 1 is 1.30 bits per heavy atom. The average Bonchev–Trinajstić information content (AvgIpc) is 2.45. The molecule has 5 heteroatoms. The summed E-state index contributed by atoms with van der Waals surface area (Å²) in [6.07, 6.45) is 0.833. The van der Waals surface area contributed by atoms with Crippen molar-refractivity contribution >= 4 is 5.97 Å². The molecule has 1 aromatic carbocycles. The molecule has 0 bridgehead atoms. The first kappa shape index (κ1) is 13.9. The van der Waals surface area contributed by atoms with E-state index in [2.05, 4.69) is 4.98 Å². The Kier molecular flexibility index (Phi) is 3.89. The molecule has 2 rings (SSSR count). The maximum atomic E-state index is 11.6. The predicted octanol–water partition coefficient (Wildman–Crippen LogP) is 2.31. The summed E-state index contributed by atoms with van der Waals surface area (Å²) in [6.45, 7) is 2.02. The van der Waals surface area contributed by atoms with Gasteiger partial charge in [-0.25, -0.2) is 4.79 Å². The van der Waals surface area contributed by atoms with E-state index in [1.165, 1.54) is 13.2 Å². The Morgan fingerprint density at radius 2 is 2.05 bits per heavy atom. The summed E-state index contributed by atoms with van der Waals surface area (Å²) in [5.74, 6) is -0.552. The van der Waals surface area contributed by atoms with Crippen molar-refractivity contribution in [3.05, 3.63) is 51.8 Å². The van der Waals surface area contributed by atoms with Crippen LogP contribution in [0.15, 0.2) is 35.1 Å². The highest BCUT2D eigenvalue weighted by atomic mass is 16.5. The van der Waals surface area contributed by atoms with E-state index >= 15 is 0 Å². The molecule has 5 nitrogen and oxygen atoms in total. The van der Waals surface area contributed by atoms with Gasteiger partial charge in [0.2, 0.25) is 5.56 Å². The molecule has 0 aliphatic heterocycles. The van der Waals surface area contributed by atoms with Gasteiger partial charge < -0.3 is 14.8 Å². The second-order valence-corrected chi connectivity index (χ2v) is 4.34. The van der Waals surface area contributed by atoms with E-state index in [1.807, 2.05) is 19.1 Å². The van der Waals surface area contributed by atoms with Crippen LogP contribution in [0, 0.1) is 0 Å². The van der Waals surface area contributed by atoms with E-state index in [4.69, 9.17) is 9.84 Å². The molecule has 0 radical (unpaired) electrons.